The summed E-state index contributed by atoms with van der Waals surface area (Å²) < 4.78 is 56.7. The van der Waals surface area contributed by atoms with Gasteiger partial charge < -0.3 is 9.59 Å². The summed E-state index contributed by atoms with van der Waals surface area (Å²) in [7, 11) is -9.99. The minimum Gasteiger partial charge on any atom is -0.365 e. The molecule has 0 rings (SSSR count). The van der Waals surface area contributed by atoms with Crippen molar-refractivity contribution < 1.29 is 41.1 Å². The summed E-state index contributed by atoms with van der Waals surface area (Å²) in [6.45, 7) is 8.58. The van der Waals surface area contributed by atoms with Gasteiger partial charge >= 0.3 is 9.05 Å². The average Bonchev–Trinajstić information content (AvgIpc) is 2.47. The lowest BCUT2D eigenvalue weighted by Gasteiger charge is -2.29. The van der Waals surface area contributed by atoms with Crippen LogP contribution in [0.5, 0.6) is 0 Å². The number of hydrogen-bond acceptors (Lipinski definition) is 6. The second-order valence-corrected chi connectivity index (χ2v) is 16.1. The first-order chi connectivity index (χ1) is 10.4. The fourth-order valence-corrected chi connectivity index (χ4v) is 7.39. The van der Waals surface area contributed by atoms with Crippen LogP contribution in [0.15, 0.2) is 0 Å². The number of hydrogen-bond donors (Lipinski definition) is 2. The van der Waals surface area contributed by atoms with Gasteiger partial charge in [-0.05, 0) is 31.2 Å². The Labute approximate surface area is 138 Å². The molecule has 0 aliphatic rings. The highest BCUT2D eigenvalue weighted by molar-refractivity contribution is 6.73. The maximum atomic E-state index is 13.1. The summed E-state index contributed by atoms with van der Waals surface area (Å²) in [5, 5.41) is 0. The van der Waals surface area contributed by atoms with E-state index < -0.39 is 44.3 Å². The Bertz CT molecular complexity index is 337. The van der Waals surface area contributed by atoms with Gasteiger partial charge in [0.1, 0.15) is 0 Å². The minimum atomic E-state index is -4.73. The number of halogens is 3. The lowest BCUT2D eigenvalue weighted by Crippen LogP contribution is -2.50. The predicted molar refractivity (Wildman–Crippen MR) is 84.9 cm³/mol. The molecule has 0 fully saturated rings. The van der Waals surface area contributed by atoms with Gasteiger partial charge in [-0.15, -0.1) is 0 Å². The monoisotopic (exact) mass is 396 g/mol. The predicted octanol–water partition coefficient (Wildman–Crippen LogP) is 3.12. The van der Waals surface area contributed by atoms with Gasteiger partial charge in [-0.3, -0.25) is 9.15 Å². The van der Waals surface area contributed by atoms with E-state index in [0.717, 1.165) is 0 Å². The van der Waals surface area contributed by atoms with Crippen LogP contribution in [-0.4, -0.2) is 47.9 Å². The van der Waals surface area contributed by atoms with Crippen molar-refractivity contribution in [2.75, 3.05) is 0 Å². The first-order valence-corrected chi connectivity index (χ1v) is 14.9. The molecule has 0 aliphatic carbocycles. The van der Waals surface area contributed by atoms with Crippen molar-refractivity contribution in [3.8, 4) is 0 Å². The molecule has 0 spiro atoms. The van der Waals surface area contributed by atoms with Crippen molar-refractivity contribution in [1.82, 2.24) is 0 Å². The SMILES string of the molecule is CC[Si](CC)(CC)OO[Si](O)(O)OO[Si](C)(C)CC(F)C(F)F. The molecule has 0 amide bonds. The lowest BCUT2D eigenvalue weighted by atomic mass is 10.5. The highest BCUT2D eigenvalue weighted by atomic mass is 28.4. The Kier molecular flexibility index (Phi) is 9.71. The molecule has 0 saturated heterocycles. The quantitative estimate of drug-likeness (QED) is 0.300. The maximum absolute atomic E-state index is 13.1. The Hall–Kier alpha value is 0.201. The van der Waals surface area contributed by atoms with Crippen LogP contribution in [0.2, 0.25) is 37.3 Å². The van der Waals surface area contributed by atoms with E-state index >= 15 is 0 Å². The Morgan fingerprint density at radius 3 is 1.65 bits per heavy atom. The highest BCUT2D eigenvalue weighted by Crippen LogP contribution is 2.25. The van der Waals surface area contributed by atoms with Gasteiger partial charge in [-0.25, -0.2) is 22.3 Å². The van der Waals surface area contributed by atoms with E-state index in [0.29, 0.717) is 18.1 Å². The number of alkyl halides is 3. The average molecular weight is 397 g/mol. The van der Waals surface area contributed by atoms with E-state index in [4.69, 9.17) is 9.15 Å². The van der Waals surface area contributed by atoms with Crippen molar-refractivity contribution in [3.05, 3.63) is 0 Å². The van der Waals surface area contributed by atoms with Crippen LogP contribution in [0, 0.1) is 0 Å². The normalized spacial score (nSPS) is 15.3. The molecule has 0 aromatic carbocycles. The lowest BCUT2D eigenvalue weighted by molar-refractivity contribution is -0.265. The van der Waals surface area contributed by atoms with Gasteiger partial charge in [0.15, 0.2) is 6.17 Å². The highest BCUT2D eigenvalue weighted by Gasteiger charge is 2.46. The molecule has 2 N–H and O–H groups in total. The van der Waals surface area contributed by atoms with Crippen LogP contribution < -0.4 is 0 Å². The molecule has 0 radical (unpaired) electrons. The largest absolute Gasteiger partial charge is 0.728 e. The molecule has 0 aromatic rings. The fraction of sp³-hybridized carbons (Fsp3) is 1.00. The van der Waals surface area contributed by atoms with Gasteiger partial charge in [-0.2, -0.15) is 0 Å². The smallest absolute Gasteiger partial charge is 0.365 e. The molecular weight excluding hydrogens is 369 g/mol. The molecule has 23 heavy (non-hydrogen) atoms. The molecule has 1 unspecified atom stereocenters. The van der Waals surface area contributed by atoms with Gasteiger partial charge in [0.2, 0.25) is 16.6 Å². The van der Waals surface area contributed by atoms with Crippen LogP contribution in [0.1, 0.15) is 20.8 Å². The first kappa shape index (κ1) is 23.2. The van der Waals surface area contributed by atoms with Crippen molar-refractivity contribution in [3.63, 3.8) is 0 Å². The van der Waals surface area contributed by atoms with Crippen LogP contribution >= 0.6 is 0 Å². The van der Waals surface area contributed by atoms with Gasteiger partial charge in [-0.1, -0.05) is 20.8 Å². The van der Waals surface area contributed by atoms with E-state index in [-0.39, 0.29) is 0 Å². The molecule has 0 bridgehead atoms. The molecule has 12 heteroatoms. The Morgan fingerprint density at radius 1 is 0.826 bits per heavy atom. The first-order valence-electron chi connectivity index (χ1n) is 7.53. The fourth-order valence-electron chi connectivity index (χ4n) is 1.84. The Balaban J connectivity index is 4.51. The maximum Gasteiger partial charge on any atom is 0.728 e. The molecule has 0 saturated carbocycles. The van der Waals surface area contributed by atoms with Crippen LogP contribution in [0.4, 0.5) is 13.2 Å². The molecule has 0 aromatic heterocycles. The van der Waals surface area contributed by atoms with Crippen LogP contribution in [-0.2, 0) is 18.3 Å². The zero-order chi connectivity index (χ0) is 18.3. The van der Waals surface area contributed by atoms with Crippen molar-refractivity contribution in [2.45, 2.75) is 70.6 Å². The number of rotatable bonds is 12. The van der Waals surface area contributed by atoms with Crippen LogP contribution in [0.25, 0.3) is 0 Å². The Morgan fingerprint density at radius 2 is 1.26 bits per heavy atom. The van der Waals surface area contributed by atoms with E-state index in [2.05, 4.69) is 9.15 Å². The summed E-state index contributed by atoms with van der Waals surface area (Å²) in [4.78, 5) is 19.3. The molecule has 140 valence electrons. The van der Waals surface area contributed by atoms with E-state index in [9.17, 15) is 22.8 Å². The summed E-state index contributed by atoms with van der Waals surface area (Å²) in [6, 6.07) is 1.59. The molecular formula is C11H27F3O6Si3. The second-order valence-electron chi connectivity index (χ2n) is 5.94. The van der Waals surface area contributed by atoms with Crippen molar-refractivity contribution in [2.24, 2.45) is 0 Å². The molecule has 0 heterocycles. The summed E-state index contributed by atoms with van der Waals surface area (Å²) >= 11 is 0. The summed E-state index contributed by atoms with van der Waals surface area (Å²) in [5.41, 5.74) is 0. The third kappa shape index (κ3) is 8.74. The third-order valence-corrected chi connectivity index (χ3v) is 10.7. The third-order valence-electron chi connectivity index (χ3n) is 3.60. The van der Waals surface area contributed by atoms with Crippen molar-refractivity contribution in [1.29, 1.82) is 0 Å². The van der Waals surface area contributed by atoms with Gasteiger partial charge in [0.25, 0.3) is 6.43 Å². The van der Waals surface area contributed by atoms with E-state index in [1.165, 1.54) is 13.1 Å². The molecule has 1 atom stereocenters. The summed E-state index contributed by atoms with van der Waals surface area (Å²) in [6.07, 6.45) is -5.48. The van der Waals surface area contributed by atoms with Gasteiger partial charge in [0, 0.05) is 6.04 Å². The summed E-state index contributed by atoms with van der Waals surface area (Å²) in [5.74, 6) is 0. The minimum absolute atomic E-state index is 0.548. The van der Waals surface area contributed by atoms with E-state index in [1.54, 1.807) is 0 Å². The van der Waals surface area contributed by atoms with Crippen molar-refractivity contribution >= 4 is 25.7 Å². The van der Waals surface area contributed by atoms with Gasteiger partial charge in [0.05, 0.1) is 0 Å². The van der Waals surface area contributed by atoms with Crippen LogP contribution in [0.3, 0.4) is 0 Å². The molecule has 6 nitrogen and oxygen atoms in total. The topological polar surface area (TPSA) is 77.4 Å². The van der Waals surface area contributed by atoms with E-state index in [1.807, 2.05) is 20.8 Å². The standard InChI is InChI=1S/C11H27F3O6Si3/c1-6-22(7-2,8-3)18-20-23(15,16)19-17-21(4,5)9-10(12)11(13)14/h10-11,15-16H,6-9H2,1-5H3. The zero-order valence-electron chi connectivity index (χ0n) is 14.1. The zero-order valence-corrected chi connectivity index (χ0v) is 17.1. The second kappa shape index (κ2) is 9.62. The molecule has 0 aliphatic heterocycles.